The smallest absolute Gasteiger partial charge is 0.338 e. The third-order valence-electron chi connectivity index (χ3n) is 4.20. The second kappa shape index (κ2) is 8.90. The van der Waals surface area contributed by atoms with Crippen LogP contribution in [-0.4, -0.2) is 13.1 Å². The summed E-state index contributed by atoms with van der Waals surface area (Å²) in [5.41, 5.74) is 3.31. The Morgan fingerprint density at radius 1 is 0.815 bits per heavy atom. The quantitative estimate of drug-likeness (QED) is 0.559. The summed E-state index contributed by atoms with van der Waals surface area (Å²) in [5.74, 6) is 1.05. The Bertz CT molecular complexity index is 903. The van der Waals surface area contributed by atoms with Crippen molar-refractivity contribution in [2.75, 3.05) is 7.11 Å². The fourth-order valence-corrected chi connectivity index (χ4v) is 2.80. The molecular formula is C23H22O4. The predicted octanol–water partition coefficient (Wildman–Crippen LogP) is 4.94. The van der Waals surface area contributed by atoms with E-state index in [9.17, 15) is 4.79 Å². The molecular weight excluding hydrogens is 340 g/mol. The van der Waals surface area contributed by atoms with Gasteiger partial charge in [0.05, 0.1) is 12.7 Å². The van der Waals surface area contributed by atoms with Crippen LogP contribution in [0.15, 0.2) is 72.8 Å². The van der Waals surface area contributed by atoms with Crippen molar-refractivity contribution in [2.24, 2.45) is 0 Å². The summed E-state index contributed by atoms with van der Waals surface area (Å²) in [6, 6.07) is 23.1. The molecule has 0 atom stereocenters. The van der Waals surface area contributed by atoms with Crippen molar-refractivity contribution < 1.29 is 19.0 Å². The second-order valence-electron chi connectivity index (χ2n) is 6.14. The Balaban J connectivity index is 1.67. The molecule has 0 aromatic heterocycles. The molecule has 4 heteroatoms. The zero-order valence-corrected chi connectivity index (χ0v) is 15.5. The largest absolute Gasteiger partial charge is 0.489 e. The highest BCUT2D eigenvalue weighted by Crippen LogP contribution is 2.23. The number of ether oxygens (including phenoxy) is 3. The molecule has 0 aliphatic carbocycles. The first-order chi connectivity index (χ1) is 13.2. The van der Waals surface area contributed by atoms with E-state index in [0.29, 0.717) is 17.9 Å². The maximum Gasteiger partial charge on any atom is 0.338 e. The fourth-order valence-electron chi connectivity index (χ4n) is 2.80. The summed E-state index contributed by atoms with van der Waals surface area (Å²) >= 11 is 0. The number of carbonyl (C=O) groups excluding carboxylic acids is 1. The van der Waals surface area contributed by atoms with Crippen LogP contribution < -0.4 is 9.47 Å². The van der Waals surface area contributed by atoms with Crippen LogP contribution in [-0.2, 0) is 18.0 Å². The summed E-state index contributed by atoms with van der Waals surface area (Å²) in [6.07, 6.45) is 0. The molecule has 0 fully saturated rings. The van der Waals surface area contributed by atoms with E-state index in [2.05, 4.69) is 0 Å². The molecule has 0 aliphatic heterocycles. The van der Waals surface area contributed by atoms with E-state index in [4.69, 9.17) is 14.2 Å². The SMILES string of the molecule is COC(=O)c1c(C)cccc1COc1cccc(OCc2ccccc2)c1. The van der Waals surface area contributed by atoms with Crippen molar-refractivity contribution in [3.63, 3.8) is 0 Å². The van der Waals surface area contributed by atoms with Gasteiger partial charge < -0.3 is 14.2 Å². The van der Waals surface area contributed by atoms with Gasteiger partial charge in [0.15, 0.2) is 0 Å². The lowest BCUT2D eigenvalue weighted by Gasteiger charge is -2.13. The van der Waals surface area contributed by atoms with Crippen LogP contribution in [0.2, 0.25) is 0 Å². The molecule has 0 aliphatic rings. The van der Waals surface area contributed by atoms with E-state index in [0.717, 1.165) is 22.4 Å². The highest BCUT2D eigenvalue weighted by molar-refractivity contribution is 5.92. The van der Waals surface area contributed by atoms with Gasteiger partial charge >= 0.3 is 5.97 Å². The third kappa shape index (κ3) is 4.88. The van der Waals surface area contributed by atoms with Crippen LogP contribution in [0.5, 0.6) is 11.5 Å². The van der Waals surface area contributed by atoms with Crippen LogP contribution in [0.3, 0.4) is 0 Å². The summed E-state index contributed by atoms with van der Waals surface area (Å²) in [5, 5.41) is 0. The van der Waals surface area contributed by atoms with Gasteiger partial charge in [-0.1, -0.05) is 54.6 Å². The Morgan fingerprint density at radius 2 is 1.48 bits per heavy atom. The Kier molecular flexibility index (Phi) is 6.10. The van der Waals surface area contributed by atoms with Crippen LogP contribution in [0.4, 0.5) is 0 Å². The molecule has 27 heavy (non-hydrogen) atoms. The standard InChI is InChI=1S/C23H22O4/c1-17-8-6-11-19(22(17)23(24)25-2)16-27-21-13-7-12-20(14-21)26-15-18-9-4-3-5-10-18/h3-14H,15-16H2,1-2H3. The van der Waals surface area contributed by atoms with E-state index in [-0.39, 0.29) is 12.6 Å². The number of methoxy groups -OCH3 is 1. The Labute approximate surface area is 159 Å². The average Bonchev–Trinajstić information content (AvgIpc) is 2.71. The molecule has 0 radical (unpaired) electrons. The molecule has 0 spiro atoms. The molecule has 0 saturated carbocycles. The maximum absolute atomic E-state index is 12.0. The minimum Gasteiger partial charge on any atom is -0.489 e. The minimum absolute atomic E-state index is 0.272. The molecule has 0 heterocycles. The Hall–Kier alpha value is -3.27. The van der Waals surface area contributed by atoms with Gasteiger partial charge in [-0.3, -0.25) is 0 Å². The van der Waals surface area contributed by atoms with Crippen molar-refractivity contribution in [1.29, 1.82) is 0 Å². The molecule has 0 bridgehead atoms. The highest BCUT2D eigenvalue weighted by atomic mass is 16.5. The second-order valence-corrected chi connectivity index (χ2v) is 6.14. The summed E-state index contributed by atoms with van der Waals surface area (Å²) in [4.78, 5) is 12.0. The van der Waals surface area contributed by atoms with E-state index in [1.807, 2.05) is 79.7 Å². The van der Waals surface area contributed by atoms with Crippen LogP contribution in [0.25, 0.3) is 0 Å². The molecule has 0 amide bonds. The van der Waals surface area contributed by atoms with E-state index >= 15 is 0 Å². The number of rotatable bonds is 7. The van der Waals surface area contributed by atoms with Crippen LogP contribution in [0, 0.1) is 6.92 Å². The minimum atomic E-state index is -0.355. The fraction of sp³-hybridized carbons (Fsp3) is 0.174. The lowest BCUT2D eigenvalue weighted by molar-refractivity contribution is 0.0597. The summed E-state index contributed by atoms with van der Waals surface area (Å²) < 4.78 is 16.6. The zero-order valence-electron chi connectivity index (χ0n) is 15.5. The van der Waals surface area contributed by atoms with Crippen molar-refractivity contribution in [3.05, 3.63) is 95.1 Å². The molecule has 0 saturated heterocycles. The van der Waals surface area contributed by atoms with Crippen molar-refractivity contribution in [2.45, 2.75) is 20.1 Å². The molecule has 3 aromatic carbocycles. The monoisotopic (exact) mass is 362 g/mol. The zero-order chi connectivity index (χ0) is 19.1. The van der Waals surface area contributed by atoms with Gasteiger partial charge in [-0.25, -0.2) is 4.79 Å². The predicted molar refractivity (Wildman–Crippen MR) is 104 cm³/mol. The lowest BCUT2D eigenvalue weighted by Crippen LogP contribution is -2.10. The van der Waals surface area contributed by atoms with Crippen LogP contribution in [0.1, 0.15) is 27.0 Å². The van der Waals surface area contributed by atoms with Crippen molar-refractivity contribution >= 4 is 5.97 Å². The number of esters is 1. The first-order valence-corrected chi connectivity index (χ1v) is 8.74. The third-order valence-corrected chi connectivity index (χ3v) is 4.20. The van der Waals surface area contributed by atoms with Crippen LogP contribution >= 0.6 is 0 Å². The highest BCUT2D eigenvalue weighted by Gasteiger charge is 2.15. The van der Waals surface area contributed by atoms with Gasteiger partial charge in [0.25, 0.3) is 0 Å². The molecule has 3 rings (SSSR count). The van der Waals surface area contributed by atoms with Gasteiger partial charge in [0, 0.05) is 11.6 Å². The Morgan fingerprint density at radius 3 is 2.19 bits per heavy atom. The van der Waals surface area contributed by atoms with E-state index in [1.165, 1.54) is 7.11 Å². The molecule has 0 unspecified atom stereocenters. The first kappa shape index (κ1) is 18.5. The van der Waals surface area contributed by atoms with E-state index < -0.39 is 0 Å². The number of benzene rings is 3. The van der Waals surface area contributed by atoms with Crippen molar-refractivity contribution in [3.8, 4) is 11.5 Å². The number of hydrogen-bond donors (Lipinski definition) is 0. The lowest BCUT2D eigenvalue weighted by atomic mass is 10.0. The molecule has 4 nitrogen and oxygen atoms in total. The maximum atomic E-state index is 12.0. The number of hydrogen-bond acceptors (Lipinski definition) is 4. The molecule has 0 N–H and O–H groups in total. The van der Waals surface area contributed by atoms with Crippen molar-refractivity contribution in [1.82, 2.24) is 0 Å². The van der Waals surface area contributed by atoms with E-state index in [1.54, 1.807) is 0 Å². The molecule has 3 aromatic rings. The van der Waals surface area contributed by atoms with Gasteiger partial charge in [0.2, 0.25) is 0 Å². The topological polar surface area (TPSA) is 44.8 Å². The normalized spacial score (nSPS) is 10.3. The van der Waals surface area contributed by atoms with Gasteiger partial charge in [-0.15, -0.1) is 0 Å². The first-order valence-electron chi connectivity index (χ1n) is 8.74. The van der Waals surface area contributed by atoms with Gasteiger partial charge in [0.1, 0.15) is 24.7 Å². The van der Waals surface area contributed by atoms with Gasteiger partial charge in [-0.05, 0) is 30.2 Å². The summed E-state index contributed by atoms with van der Waals surface area (Å²) in [7, 11) is 1.38. The number of aryl methyl sites for hydroxylation is 1. The summed E-state index contributed by atoms with van der Waals surface area (Å²) in [6.45, 7) is 2.65. The number of carbonyl (C=O) groups is 1. The average molecular weight is 362 g/mol. The molecule has 138 valence electrons. The van der Waals surface area contributed by atoms with Gasteiger partial charge in [-0.2, -0.15) is 0 Å².